The number of rotatable bonds is 0. The summed E-state index contributed by atoms with van der Waals surface area (Å²) in [5.74, 6) is -0.728. The molecule has 1 N–H and O–H groups in total. The summed E-state index contributed by atoms with van der Waals surface area (Å²) in [7, 11) is 0. The van der Waals surface area contributed by atoms with Gasteiger partial charge in [0.25, 0.3) is 0 Å². The first kappa shape index (κ1) is 18.9. The highest BCUT2D eigenvalue weighted by Gasteiger charge is 2.44. The minimum absolute atomic E-state index is 0.0503. The molecule has 1 aliphatic heterocycles. The molecule has 1 aliphatic carbocycles. The Bertz CT molecular complexity index is 544. The van der Waals surface area contributed by atoms with Crippen molar-refractivity contribution in [3.8, 4) is 0 Å². The molecular formula is C20H30O4. The molecule has 4 heteroatoms. The van der Waals surface area contributed by atoms with Crippen molar-refractivity contribution in [3.05, 3.63) is 23.8 Å². The van der Waals surface area contributed by atoms with Crippen LogP contribution in [0.4, 0.5) is 0 Å². The van der Waals surface area contributed by atoms with Gasteiger partial charge in [0, 0.05) is 18.4 Å². The quantitative estimate of drug-likeness (QED) is 0.416. The highest BCUT2D eigenvalue weighted by molar-refractivity contribution is 5.98. The van der Waals surface area contributed by atoms with E-state index in [9.17, 15) is 14.7 Å². The van der Waals surface area contributed by atoms with E-state index >= 15 is 0 Å². The average Bonchev–Trinajstić information content (AvgIpc) is 2.48. The van der Waals surface area contributed by atoms with E-state index in [1.54, 1.807) is 6.92 Å². The van der Waals surface area contributed by atoms with Crippen LogP contribution in [0.15, 0.2) is 23.8 Å². The van der Waals surface area contributed by atoms with Gasteiger partial charge >= 0.3 is 5.97 Å². The van der Waals surface area contributed by atoms with E-state index in [2.05, 4.69) is 26.5 Å². The van der Waals surface area contributed by atoms with Crippen molar-refractivity contribution in [1.29, 1.82) is 0 Å². The lowest BCUT2D eigenvalue weighted by atomic mass is 9.78. The Morgan fingerprint density at radius 2 is 2.08 bits per heavy atom. The Labute approximate surface area is 145 Å². The first-order valence-electron chi connectivity index (χ1n) is 9.01. The molecule has 0 aromatic rings. The van der Waals surface area contributed by atoms with Gasteiger partial charge in [0.15, 0.2) is 0 Å². The lowest BCUT2D eigenvalue weighted by Crippen LogP contribution is -2.48. The van der Waals surface area contributed by atoms with Crippen molar-refractivity contribution < 1.29 is 19.4 Å². The first-order valence-corrected chi connectivity index (χ1v) is 9.01. The molecule has 0 aromatic heterocycles. The fourth-order valence-corrected chi connectivity index (χ4v) is 3.65. The van der Waals surface area contributed by atoms with Gasteiger partial charge in [0.05, 0.1) is 11.5 Å². The number of carbonyl (C=O) groups is 2. The monoisotopic (exact) mass is 334 g/mol. The maximum absolute atomic E-state index is 12.7. The Kier molecular flexibility index (Phi) is 6.02. The van der Waals surface area contributed by atoms with Crippen LogP contribution < -0.4 is 0 Å². The maximum atomic E-state index is 12.7. The van der Waals surface area contributed by atoms with Gasteiger partial charge in [-0.05, 0) is 51.9 Å². The van der Waals surface area contributed by atoms with Crippen LogP contribution >= 0.6 is 0 Å². The number of Topliss-reactive ketones (excluding diaryl/α,β-unsaturated/α-hetero) is 1. The van der Waals surface area contributed by atoms with Crippen molar-refractivity contribution in [3.63, 3.8) is 0 Å². The molecule has 4 atom stereocenters. The van der Waals surface area contributed by atoms with Crippen molar-refractivity contribution in [2.75, 3.05) is 0 Å². The number of carbonyl (C=O) groups excluding carboxylic acids is 2. The standard InChI is InChI=1S/C20H30O4/c1-13-7-5-8-14(2)11-17(21)16-12-18(24-19(22)15(16)3)20(4,23)10-6-9-13/h9,14,16,18,23H,3,5-8,10-12H2,1-2,4H3/b13-9-/t14?,16-,18-,20+/m0/s1. The van der Waals surface area contributed by atoms with Gasteiger partial charge in [-0.2, -0.15) is 0 Å². The molecule has 2 rings (SSSR count). The number of ketones is 1. The van der Waals surface area contributed by atoms with Crippen molar-refractivity contribution >= 4 is 11.8 Å². The van der Waals surface area contributed by atoms with Crippen molar-refractivity contribution in [2.24, 2.45) is 11.8 Å². The van der Waals surface area contributed by atoms with Gasteiger partial charge in [-0.15, -0.1) is 0 Å². The first-order chi connectivity index (χ1) is 11.2. The number of aliphatic hydroxyl groups is 1. The van der Waals surface area contributed by atoms with Crippen LogP contribution in [0.25, 0.3) is 0 Å². The van der Waals surface area contributed by atoms with Crippen LogP contribution in [-0.4, -0.2) is 28.6 Å². The third-order valence-electron chi connectivity index (χ3n) is 5.43. The van der Waals surface area contributed by atoms with E-state index in [-0.39, 0.29) is 17.3 Å². The lowest BCUT2D eigenvalue weighted by Gasteiger charge is -2.38. The smallest absolute Gasteiger partial charge is 0.334 e. The summed E-state index contributed by atoms with van der Waals surface area (Å²) >= 11 is 0. The molecular weight excluding hydrogens is 304 g/mol. The second kappa shape index (κ2) is 7.64. The Balaban J connectivity index is 2.25. The number of esters is 1. The Morgan fingerprint density at radius 1 is 1.38 bits per heavy atom. The number of allylic oxidation sites excluding steroid dienone is 2. The molecule has 1 heterocycles. The van der Waals surface area contributed by atoms with Gasteiger partial charge in [0.2, 0.25) is 0 Å². The SMILES string of the molecule is C=C1C(=O)O[C@H]2C[C@@H]1C(=O)CC(C)CCC/C(C)=C\CC[C@@]2(C)O. The molecule has 2 aliphatic rings. The minimum Gasteiger partial charge on any atom is -0.456 e. The third kappa shape index (κ3) is 4.56. The number of hydrogen-bond donors (Lipinski definition) is 1. The van der Waals surface area contributed by atoms with E-state index in [1.807, 2.05) is 0 Å². The molecule has 0 radical (unpaired) electrons. The van der Waals surface area contributed by atoms with Crippen molar-refractivity contribution in [2.45, 2.75) is 77.4 Å². The van der Waals surface area contributed by atoms with Crippen LogP contribution in [0, 0.1) is 11.8 Å². The normalized spacial score (nSPS) is 38.8. The second-order valence-corrected chi connectivity index (χ2v) is 7.82. The summed E-state index contributed by atoms with van der Waals surface area (Å²) in [5.41, 5.74) is 0.414. The zero-order chi connectivity index (χ0) is 17.9. The van der Waals surface area contributed by atoms with Crippen molar-refractivity contribution in [1.82, 2.24) is 0 Å². The topological polar surface area (TPSA) is 63.6 Å². The summed E-state index contributed by atoms with van der Waals surface area (Å²) in [6, 6.07) is 0. The van der Waals surface area contributed by atoms with E-state index in [4.69, 9.17) is 4.74 Å². The van der Waals surface area contributed by atoms with E-state index in [0.717, 1.165) is 25.7 Å². The highest BCUT2D eigenvalue weighted by atomic mass is 16.6. The van der Waals surface area contributed by atoms with Crippen LogP contribution in [-0.2, 0) is 14.3 Å². The molecule has 134 valence electrons. The second-order valence-electron chi connectivity index (χ2n) is 7.82. The van der Waals surface area contributed by atoms with Crippen LogP contribution in [0.3, 0.4) is 0 Å². The average molecular weight is 334 g/mol. The third-order valence-corrected chi connectivity index (χ3v) is 5.43. The van der Waals surface area contributed by atoms with Crippen LogP contribution in [0.2, 0.25) is 0 Å². The van der Waals surface area contributed by atoms with Gasteiger partial charge in [-0.3, -0.25) is 4.79 Å². The predicted octanol–water partition coefficient (Wildman–Crippen LogP) is 3.73. The highest BCUT2D eigenvalue weighted by Crippen LogP contribution is 2.35. The number of fused-ring (bicyclic) bond motifs is 2. The molecule has 0 spiro atoms. The van der Waals surface area contributed by atoms with Gasteiger partial charge < -0.3 is 9.84 Å². The minimum atomic E-state index is -1.14. The fourth-order valence-electron chi connectivity index (χ4n) is 3.65. The number of hydrogen-bond acceptors (Lipinski definition) is 4. The molecule has 0 aromatic carbocycles. The summed E-state index contributed by atoms with van der Waals surface area (Å²) < 4.78 is 5.39. The number of ether oxygens (including phenoxy) is 1. The Morgan fingerprint density at radius 3 is 2.79 bits per heavy atom. The molecule has 2 bridgehead atoms. The van der Waals surface area contributed by atoms with E-state index in [1.165, 1.54) is 5.57 Å². The zero-order valence-electron chi connectivity index (χ0n) is 15.1. The molecule has 1 fully saturated rings. The molecule has 0 saturated carbocycles. The van der Waals surface area contributed by atoms with E-state index in [0.29, 0.717) is 19.3 Å². The lowest BCUT2D eigenvalue weighted by molar-refractivity contribution is -0.169. The summed E-state index contributed by atoms with van der Waals surface area (Å²) in [6.07, 6.45) is 6.63. The summed E-state index contributed by atoms with van der Waals surface area (Å²) in [6.45, 7) is 9.65. The Hall–Kier alpha value is -1.42. The van der Waals surface area contributed by atoms with Gasteiger partial charge in [0.1, 0.15) is 11.9 Å². The molecule has 1 unspecified atom stereocenters. The van der Waals surface area contributed by atoms with Gasteiger partial charge in [-0.1, -0.05) is 25.2 Å². The molecule has 0 amide bonds. The van der Waals surface area contributed by atoms with Crippen LogP contribution in [0.1, 0.15) is 65.7 Å². The molecule has 24 heavy (non-hydrogen) atoms. The zero-order valence-corrected chi connectivity index (χ0v) is 15.1. The summed E-state index contributed by atoms with van der Waals surface area (Å²) in [5, 5.41) is 10.8. The summed E-state index contributed by atoms with van der Waals surface area (Å²) in [4.78, 5) is 24.8. The fraction of sp³-hybridized carbons (Fsp3) is 0.700. The maximum Gasteiger partial charge on any atom is 0.334 e. The molecule has 4 nitrogen and oxygen atoms in total. The van der Waals surface area contributed by atoms with Gasteiger partial charge in [-0.25, -0.2) is 4.79 Å². The largest absolute Gasteiger partial charge is 0.456 e. The van der Waals surface area contributed by atoms with Crippen LogP contribution in [0.5, 0.6) is 0 Å². The predicted molar refractivity (Wildman–Crippen MR) is 93.4 cm³/mol. The van der Waals surface area contributed by atoms with E-state index < -0.39 is 23.6 Å². The molecule has 1 saturated heterocycles.